The third-order valence-electron chi connectivity index (χ3n) is 5.60. The van der Waals surface area contributed by atoms with Crippen LogP contribution >= 0.6 is 0 Å². The molecular formula is C22H24FN3O3S. The van der Waals surface area contributed by atoms with Gasteiger partial charge in [0.05, 0.1) is 17.2 Å². The van der Waals surface area contributed by atoms with Crippen molar-refractivity contribution in [2.24, 2.45) is 0 Å². The van der Waals surface area contributed by atoms with Crippen molar-refractivity contribution in [1.82, 2.24) is 14.5 Å². The third-order valence-corrected chi connectivity index (χ3v) is 7.46. The molecule has 6 nitrogen and oxygen atoms in total. The summed E-state index contributed by atoms with van der Waals surface area (Å²) in [5.41, 5.74) is 2.88. The fourth-order valence-electron chi connectivity index (χ4n) is 3.67. The molecule has 158 valence electrons. The molecule has 1 aliphatic heterocycles. The van der Waals surface area contributed by atoms with Gasteiger partial charge in [0.2, 0.25) is 21.8 Å². The molecule has 0 radical (unpaired) electrons. The smallest absolute Gasteiger partial charge is 0.243 e. The van der Waals surface area contributed by atoms with Crippen LogP contribution in [0.15, 0.2) is 51.8 Å². The molecule has 0 unspecified atom stereocenters. The van der Waals surface area contributed by atoms with Crippen molar-refractivity contribution < 1.29 is 17.2 Å². The van der Waals surface area contributed by atoms with Gasteiger partial charge in [-0.3, -0.25) is 0 Å². The van der Waals surface area contributed by atoms with Crippen LogP contribution in [0.2, 0.25) is 0 Å². The van der Waals surface area contributed by atoms with Crippen molar-refractivity contribution in [2.45, 2.75) is 43.9 Å². The van der Waals surface area contributed by atoms with Gasteiger partial charge in [-0.2, -0.15) is 4.31 Å². The minimum atomic E-state index is -3.58. The van der Waals surface area contributed by atoms with Gasteiger partial charge in [0, 0.05) is 13.1 Å². The fourth-order valence-corrected chi connectivity index (χ4v) is 5.28. The largest absolute Gasteiger partial charge is 0.425 e. The average molecular weight is 430 g/mol. The molecule has 0 spiro atoms. The molecule has 1 fully saturated rings. The molecule has 2 heterocycles. The maximum atomic E-state index is 13.1. The summed E-state index contributed by atoms with van der Waals surface area (Å²) in [5, 5.41) is 8.25. The number of benzene rings is 2. The van der Waals surface area contributed by atoms with E-state index >= 15 is 0 Å². The number of halogens is 1. The Labute approximate surface area is 175 Å². The molecule has 0 bridgehead atoms. The highest BCUT2D eigenvalue weighted by Crippen LogP contribution is 2.30. The van der Waals surface area contributed by atoms with Crippen molar-refractivity contribution >= 4 is 10.0 Å². The Morgan fingerprint density at radius 3 is 2.60 bits per heavy atom. The SMILES string of the molecule is Cc1ccc(S(=O)(=O)N2CCC[C@H](c3nnc(Cc4ccc(F)cc4)o3)C2)cc1C. The quantitative estimate of drug-likeness (QED) is 0.613. The summed E-state index contributed by atoms with van der Waals surface area (Å²) >= 11 is 0. The third kappa shape index (κ3) is 4.29. The first-order valence-electron chi connectivity index (χ1n) is 9.97. The van der Waals surface area contributed by atoms with Crippen LogP contribution in [0.25, 0.3) is 0 Å². The number of nitrogens with zero attached hydrogens (tertiary/aromatic N) is 3. The molecule has 0 N–H and O–H groups in total. The van der Waals surface area contributed by atoms with Gasteiger partial charge in [0.1, 0.15) is 5.82 Å². The van der Waals surface area contributed by atoms with Gasteiger partial charge in [-0.25, -0.2) is 12.8 Å². The number of hydrogen-bond donors (Lipinski definition) is 0. The van der Waals surface area contributed by atoms with Gasteiger partial charge in [-0.15, -0.1) is 10.2 Å². The van der Waals surface area contributed by atoms with E-state index in [2.05, 4.69) is 10.2 Å². The van der Waals surface area contributed by atoms with E-state index in [4.69, 9.17) is 4.42 Å². The highest BCUT2D eigenvalue weighted by molar-refractivity contribution is 7.89. The first-order chi connectivity index (χ1) is 14.3. The maximum Gasteiger partial charge on any atom is 0.243 e. The molecule has 1 aromatic heterocycles. The predicted octanol–water partition coefficient (Wildman–Crippen LogP) is 3.98. The Balaban J connectivity index is 1.49. The van der Waals surface area contributed by atoms with Crippen molar-refractivity contribution in [2.75, 3.05) is 13.1 Å². The lowest BCUT2D eigenvalue weighted by molar-refractivity contribution is 0.281. The summed E-state index contributed by atoms with van der Waals surface area (Å²) in [5.74, 6) is 0.449. The van der Waals surface area contributed by atoms with Gasteiger partial charge in [-0.05, 0) is 67.6 Å². The number of sulfonamides is 1. The van der Waals surface area contributed by atoms with Crippen LogP contribution in [-0.2, 0) is 16.4 Å². The standard InChI is InChI=1S/C22H24FN3O3S/c1-15-5-10-20(12-16(15)2)30(27,28)26-11-3-4-18(14-26)22-25-24-21(29-22)13-17-6-8-19(23)9-7-17/h5-10,12,18H,3-4,11,13-14H2,1-2H3/t18-/m0/s1. The number of aromatic nitrogens is 2. The second-order valence-corrected chi connectivity index (χ2v) is 9.72. The number of hydrogen-bond acceptors (Lipinski definition) is 5. The molecule has 0 aliphatic carbocycles. The average Bonchev–Trinajstić information content (AvgIpc) is 3.20. The van der Waals surface area contributed by atoms with Crippen LogP contribution in [0.1, 0.15) is 47.2 Å². The molecule has 1 saturated heterocycles. The highest BCUT2D eigenvalue weighted by atomic mass is 32.2. The highest BCUT2D eigenvalue weighted by Gasteiger charge is 2.33. The monoisotopic (exact) mass is 429 g/mol. The van der Waals surface area contributed by atoms with Gasteiger partial charge in [0.25, 0.3) is 0 Å². The summed E-state index contributed by atoms with van der Waals surface area (Å²) in [4.78, 5) is 0.314. The zero-order valence-electron chi connectivity index (χ0n) is 17.0. The molecule has 8 heteroatoms. The van der Waals surface area contributed by atoms with Crippen molar-refractivity contribution in [1.29, 1.82) is 0 Å². The van der Waals surface area contributed by atoms with Gasteiger partial charge >= 0.3 is 0 Å². The number of aryl methyl sites for hydroxylation is 2. The maximum absolute atomic E-state index is 13.1. The van der Waals surface area contributed by atoms with E-state index in [0.29, 0.717) is 36.2 Å². The Hall–Kier alpha value is -2.58. The van der Waals surface area contributed by atoms with E-state index < -0.39 is 10.0 Å². The van der Waals surface area contributed by atoms with E-state index in [1.54, 1.807) is 24.3 Å². The van der Waals surface area contributed by atoms with E-state index in [9.17, 15) is 12.8 Å². The van der Waals surface area contributed by atoms with Crippen LogP contribution in [0, 0.1) is 19.7 Å². The fraction of sp³-hybridized carbons (Fsp3) is 0.364. The topological polar surface area (TPSA) is 76.3 Å². The van der Waals surface area contributed by atoms with Crippen LogP contribution in [0.5, 0.6) is 0 Å². The molecule has 2 aromatic carbocycles. The summed E-state index contributed by atoms with van der Waals surface area (Å²) in [6, 6.07) is 11.4. The molecular weight excluding hydrogens is 405 g/mol. The van der Waals surface area contributed by atoms with E-state index in [1.807, 2.05) is 19.9 Å². The predicted molar refractivity (Wildman–Crippen MR) is 110 cm³/mol. The number of rotatable bonds is 5. The second-order valence-electron chi connectivity index (χ2n) is 7.79. The van der Waals surface area contributed by atoms with Crippen molar-refractivity contribution in [3.63, 3.8) is 0 Å². The first kappa shape index (κ1) is 20.7. The molecule has 3 aromatic rings. The second kappa shape index (κ2) is 8.28. The summed E-state index contributed by atoms with van der Waals surface area (Å²) < 4.78 is 46.7. The Bertz CT molecular complexity index is 1140. The summed E-state index contributed by atoms with van der Waals surface area (Å²) in [6.45, 7) is 4.66. The Kier molecular flexibility index (Phi) is 5.71. The van der Waals surface area contributed by atoms with Crippen LogP contribution in [0.3, 0.4) is 0 Å². The van der Waals surface area contributed by atoms with E-state index in [0.717, 1.165) is 29.5 Å². The van der Waals surface area contributed by atoms with E-state index in [-0.39, 0.29) is 11.7 Å². The molecule has 0 saturated carbocycles. The minimum Gasteiger partial charge on any atom is -0.425 e. The van der Waals surface area contributed by atoms with Gasteiger partial charge in [0.15, 0.2) is 0 Å². The van der Waals surface area contributed by atoms with Crippen molar-refractivity contribution in [3.05, 3.63) is 76.8 Å². The van der Waals surface area contributed by atoms with Crippen molar-refractivity contribution in [3.8, 4) is 0 Å². The molecule has 4 rings (SSSR count). The van der Waals surface area contributed by atoms with Crippen LogP contribution < -0.4 is 0 Å². The van der Waals surface area contributed by atoms with Crippen LogP contribution in [-0.4, -0.2) is 36.0 Å². The van der Waals surface area contributed by atoms with Gasteiger partial charge in [-0.1, -0.05) is 18.2 Å². The van der Waals surface area contributed by atoms with Gasteiger partial charge < -0.3 is 4.42 Å². The lowest BCUT2D eigenvalue weighted by Crippen LogP contribution is -2.39. The molecule has 0 amide bonds. The Morgan fingerprint density at radius 2 is 1.87 bits per heavy atom. The van der Waals surface area contributed by atoms with E-state index in [1.165, 1.54) is 16.4 Å². The molecule has 1 aliphatic rings. The normalized spacial score (nSPS) is 17.9. The Morgan fingerprint density at radius 1 is 1.10 bits per heavy atom. The zero-order chi connectivity index (χ0) is 21.3. The zero-order valence-corrected chi connectivity index (χ0v) is 17.8. The molecule has 30 heavy (non-hydrogen) atoms. The molecule has 1 atom stereocenters. The summed E-state index contributed by atoms with van der Waals surface area (Å²) in [7, 11) is -3.58. The van der Waals surface area contributed by atoms with Crippen LogP contribution in [0.4, 0.5) is 4.39 Å². The summed E-state index contributed by atoms with van der Waals surface area (Å²) in [6.07, 6.45) is 1.92. The number of piperidine rings is 1. The first-order valence-corrected chi connectivity index (χ1v) is 11.4. The lowest BCUT2D eigenvalue weighted by Gasteiger charge is -2.30. The minimum absolute atomic E-state index is 0.144. The lowest BCUT2D eigenvalue weighted by atomic mass is 10.00.